The van der Waals surface area contributed by atoms with E-state index in [2.05, 4.69) is 5.32 Å². The van der Waals surface area contributed by atoms with Crippen LogP contribution in [0.4, 0.5) is 4.79 Å². The SMILES string of the molecule is CCOC(=O)NC(C(=O)CC)C(C)C. The molecule has 1 unspecified atom stereocenters. The van der Waals surface area contributed by atoms with Gasteiger partial charge in [0.2, 0.25) is 0 Å². The molecule has 1 amide bonds. The minimum atomic E-state index is -0.520. The van der Waals surface area contributed by atoms with Gasteiger partial charge in [-0.15, -0.1) is 0 Å². The zero-order valence-corrected chi connectivity index (χ0v) is 9.29. The Kier molecular flexibility index (Phi) is 5.92. The van der Waals surface area contributed by atoms with Crippen LogP contribution in [0.25, 0.3) is 0 Å². The molecule has 1 N–H and O–H groups in total. The van der Waals surface area contributed by atoms with Crippen molar-refractivity contribution >= 4 is 11.9 Å². The number of rotatable bonds is 5. The molecule has 0 aromatic rings. The van der Waals surface area contributed by atoms with Crippen LogP contribution in [0.5, 0.6) is 0 Å². The number of hydrogen-bond acceptors (Lipinski definition) is 3. The van der Waals surface area contributed by atoms with Crippen molar-refractivity contribution in [1.29, 1.82) is 0 Å². The Morgan fingerprint density at radius 2 is 1.86 bits per heavy atom. The average molecular weight is 201 g/mol. The first-order chi connectivity index (χ1) is 6.52. The lowest BCUT2D eigenvalue weighted by molar-refractivity contribution is -0.121. The van der Waals surface area contributed by atoms with Crippen LogP contribution in [-0.2, 0) is 9.53 Å². The number of amides is 1. The van der Waals surface area contributed by atoms with E-state index >= 15 is 0 Å². The molecule has 82 valence electrons. The molecule has 0 saturated heterocycles. The highest BCUT2D eigenvalue weighted by atomic mass is 16.5. The maximum absolute atomic E-state index is 11.4. The van der Waals surface area contributed by atoms with Gasteiger partial charge in [-0.25, -0.2) is 4.79 Å². The number of nitrogens with one attached hydrogen (secondary N) is 1. The van der Waals surface area contributed by atoms with Crippen LogP contribution in [0.15, 0.2) is 0 Å². The zero-order chi connectivity index (χ0) is 11.1. The van der Waals surface area contributed by atoms with Gasteiger partial charge < -0.3 is 10.1 Å². The summed E-state index contributed by atoms with van der Waals surface area (Å²) in [6, 6.07) is -0.431. The van der Waals surface area contributed by atoms with Gasteiger partial charge in [0, 0.05) is 6.42 Å². The van der Waals surface area contributed by atoms with E-state index in [1.54, 1.807) is 13.8 Å². The van der Waals surface area contributed by atoms with Crippen molar-refractivity contribution in [3.05, 3.63) is 0 Å². The van der Waals surface area contributed by atoms with E-state index < -0.39 is 12.1 Å². The quantitative estimate of drug-likeness (QED) is 0.737. The van der Waals surface area contributed by atoms with Gasteiger partial charge in [0.15, 0.2) is 5.78 Å². The highest BCUT2D eigenvalue weighted by molar-refractivity contribution is 5.87. The smallest absolute Gasteiger partial charge is 0.407 e. The molecule has 4 nitrogen and oxygen atoms in total. The third-order valence-electron chi connectivity index (χ3n) is 1.91. The summed E-state index contributed by atoms with van der Waals surface area (Å²) in [7, 11) is 0. The standard InChI is InChI=1S/C10H19NO3/c1-5-8(12)9(7(3)4)11-10(13)14-6-2/h7,9H,5-6H2,1-4H3,(H,11,13). The number of carbonyl (C=O) groups excluding carboxylic acids is 2. The van der Waals surface area contributed by atoms with Crippen LogP contribution in [-0.4, -0.2) is 24.5 Å². The first-order valence-corrected chi connectivity index (χ1v) is 4.98. The maximum atomic E-state index is 11.4. The molecule has 0 radical (unpaired) electrons. The molecular formula is C10H19NO3. The molecule has 1 atom stereocenters. The van der Waals surface area contributed by atoms with Crippen molar-refractivity contribution in [2.75, 3.05) is 6.61 Å². The van der Waals surface area contributed by atoms with Crippen LogP contribution >= 0.6 is 0 Å². The van der Waals surface area contributed by atoms with E-state index in [-0.39, 0.29) is 11.7 Å². The average Bonchev–Trinajstić information content (AvgIpc) is 2.13. The number of alkyl carbamates (subject to hydrolysis) is 1. The second-order valence-electron chi connectivity index (χ2n) is 3.41. The Bertz CT molecular complexity index is 202. The molecule has 0 aromatic carbocycles. The molecule has 0 aromatic heterocycles. The van der Waals surface area contributed by atoms with Gasteiger partial charge in [0.25, 0.3) is 0 Å². The van der Waals surface area contributed by atoms with Crippen molar-refractivity contribution < 1.29 is 14.3 Å². The highest BCUT2D eigenvalue weighted by Crippen LogP contribution is 2.05. The van der Waals surface area contributed by atoms with E-state index in [9.17, 15) is 9.59 Å². The minimum absolute atomic E-state index is 0.0352. The van der Waals surface area contributed by atoms with Crippen LogP contribution in [0, 0.1) is 5.92 Å². The van der Waals surface area contributed by atoms with Crippen molar-refractivity contribution in [2.45, 2.75) is 40.2 Å². The Morgan fingerprint density at radius 1 is 1.29 bits per heavy atom. The summed E-state index contributed by atoms with van der Waals surface area (Å²) in [6.07, 6.45) is -0.0945. The van der Waals surface area contributed by atoms with Gasteiger partial charge in [-0.1, -0.05) is 20.8 Å². The largest absolute Gasteiger partial charge is 0.450 e. The second kappa shape index (κ2) is 6.40. The lowest BCUT2D eigenvalue weighted by Crippen LogP contribution is -2.44. The lowest BCUT2D eigenvalue weighted by Gasteiger charge is -2.19. The topological polar surface area (TPSA) is 55.4 Å². The highest BCUT2D eigenvalue weighted by Gasteiger charge is 2.22. The molecule has 0 fully saturated rings. The predicted molar refractivity (Wildman–Crippen MR) is 54.1 cm³/mol. The van der Waals surface area contributed by atoms with E-state index in [0.717, 1.165) is 0 Å². The molecule has 0 aliphatic heterocycles. The lowest BCUT2D eigenvalue weighted by atomic mass is 9.99. The van der Waals surface area contributed by atoms with Gasteiger partial charge in [-0.3, -0.25) is 4.79 Å². The van der Waals surface area contributed by atoms with E-state index in [0.29, 0.717) is 13.0 Å². The monoisotopic (exact) mass is 201 g/mol. The summed E-state index contributed by atoms with van der Waals surface area (Å²) in [5.74, 6) is 0.125. The minimum Gasteiger partial charge on any atom is -0.450 e. The molecule has 0 aliphatic carbocycles. The summed E-state index contributed by atoms with van der Waals surface area (Å²) >= 11 is 0. The van der Waals surface area contributed by atoms with Crippen LogP contribution in [0.2, 0.25) is 0 Å². The Balaban J connectivity index is 4.23. The van der Waals surface area contributed by atoms with E-state index in [1.807, 2.05) is 13.8 Å². The van der Waals surface area contributed by atoms with Gasteiger partial charge in [0.1, 0.15) is 0 Å². The summed E-state index contributed by atoms with van der Waals surface area (Å²) in [6.45, 7) is 7.61. The van der Waals surface area contributed by atoms with Crippen LogP contribution in [0.1, 0.15) is 34.1 Å². The maximum Gasteiger partial charge on any atom is 0.407 e. The van der Waals surface area contributed by atoms with Crippen molar-refractivity contribution in [3.63, 3.8) is 0 Å². The van der Waals surface area contributed by atoms with Gasteiger partial charge >= 0.3 is 6.09 Å². The Morgan fingerprint density at radius 3 is 2.21 bits per heavy atom. The van der Waals surface area contributed by atoms with E-state index in [1.165, 1.54) is 0 Å². The molecule has 0 aliphatic rings. The van der Waals surface area contributed by atoms with Crippen LogP contribution < -0.4 is 5.32 Å². The van der Waals surface area contributed by atoms with E-state index in [4.69, 9.17) is 4.74 Å². The zero-order valence-electron chi connectivity index (χ0n) is 9.29. The molecule has 0 rings (SSSR count). The van der Waals surface area contributed by atoms with Crippen molar-refractivity contribution in [1.82, 2.24) is 5.32 Å². The molecule has 4 heteroatoms. The van der Waals surface area contributed by atoms with Crippen molar-refractivity contribution in [3.8, 4) is 0 Å². The Hall–Kier alpha value is -1.06. The third-order valence-corrected chi connectivity index (χ3v) is 1.91. The fourth-order valence-electron chi connectivity index (χ4n) is 1.14. The third kappa shape index (κ3) is 4.25. The van der Waals surface area contributed by atoms with Crippen LogP contribution in [0.3, 0.4) is 0 Å². The molecule has 0 saturated carbocycles. The van der Waals surface area contributed by atoms with Gasteiger partial charge in [-0.2, -0.15) is 0 Å². The number of ether oxygens (including phenoxy) is 1. The molecule has 0 heterocycles. The summed E-state index contributed by atoms with van der Waals surface area (Å²) in [5, 5.41) is 2.56. The van der Waals surface area contributed by atoms with Crippen molar-refractivity contribution in [2.24, 2.45) is 5.92 Å². The predicted octanol–water partition coefficient (Wildman–Crippen LogP) is 1.74. The molecule has 0 spiro atoms. The summed E-state index contributed by atoms with van der Waals surface area (Å²) in [4.78, 5) is 22.5. The first kappa shape index (κ1) is 12.9. The molecule has 14 heavy (non-hydrogen) atoms. The molecule has 0 bridgehead atoms. The van der Waals surface area contributed by atoms with Gasteiger partial charge in [0.05, 0.1) is 12.6 Å². The molecular weight excluding hydrogens is 182 g/mol. The number of hydrogen-bond donors (Lipinski definition) is 1. The Labute approximate surface area is 85.0 Å². The van der Waals surface area contributed by atoms with Gasteiger partial charge in [-0.05, 0) is 12.8 Å². The number of ketones is 1. The normalized spacial score (nSPS) is 12.4. The fourth-order valence-corrected chi connectivity index (χ4v) is 1.14. The number of carbonyl (C=O) groups is 2. The summed E-state index contributed by atoms with van der Waals surface area (Å²) in [5.41, 5.74) is 0. The first-order valence-electron chi connectivity index (χ1n) is 4.98. The number of Topliss-reactive ketones (excluding diaryl/α,β-unsaturated/α-hetero) is 1. The fraction of sp³-hybridized carbons (Fsp3) is 0.800. The summed E-state index contributed by atoms with van der Waals surface area (Å²) < 4.78 is 4.71. The second-order valence-corrected chi connectivity index (χ2v) is 3.41.